The van der Waals surface area contributed by atoms with Gasteiger partial charge in [-0.25, -0.2) is 0 Å². The number of amides is 2. The first kappa shape index (κ1) is 22.2. The van der Waals surface area contributed by atoms with Gasteiger partial charge in [-0.3, -0.25) is 9.59 Å². The first-order chi connectivity index (χ1) is 15.4. The molecule has 0 atom stereocenters. The summed E-state index contributed by atoms with van der Waals surface area (Å²) >= 11 is 6.12. The molecule has 1 saturated heterocycles. The lowest BCUT2D eigenvalue weighted by molar-refractivity contribution is -0.132. The van der Waals surface area contributed by atoms with E-state index in [4.69, 9.17) is 11.6 Å². The van der Waals surface area contributed by atoms with Crippen molar-refractivity contribution in [3.05, 3.63) is 76.4 Å². The first-order valence-electron chi connectivity index (χ1n) is 11.0. The van der Waals surface area contributed by atoms with Gasteiger partial charge in [0.1, 0.15) is 0 Å². The normalized spacial score (nSPS) is 14.0. The molecule has 166 valence electrons. The van der Waals surface area contributed by atoms with Crippen molar-refractivity contribution in [1.82, 2.24) is 14.4 Å². The third-order valence-electron chi connectivity index (χ3n) is 6.20. The second-order valence-electron chi connectivity index (χ2n) is 8.18. The number of benzene rings is 2. The number of piperazine rings is 1. The van der Waals surface area contributed by atoms with Crippen LogP contribution in [0, 0.1) is 13.8 Å². The van der Waals surface area contributed by atoms with Gasteiger partial charge < -0.3 is 14.4 Å². The van der Waals surface area contributed by atoms with Crippen molar-refractivity contribution in [2.45, 2.75) is 27.2 Å². The van der Waals surface area contributed by atoms with E-state index in [1.54, 1.807) is 0 Å². The Kier molecular flexibility index (Phi) is 6.38. The highest BCUT2D eigenvalue weighted by molar-refractivity contribution is 6.30. The van der Waals surface area contributed by atoms with Gasteiger partial charge in [0, 0.05) is 49.0 Å². The molecule has 2 amide bonds. The molecule has 3 aromatic rings. The van der Waals surface area contributed by atoms with Crippen molar-refractivity contribution >= 4 is 23.4 Å². The van der Waals surface area contributed by atoms with Gasteiger partial charge in [-0.2, -0.15) is 0 Å². The van der Waals surface area contributed by atoms with Gasteiger partial charge in [0.15, 0.2) is 0 Å². The van der Waals surface area contributed by atoms with Crippen LogP contribution in [-0.4, -0.2) is 52.4 Å². The van der Waals surface area contributed by atoms with Crippen LogP contribution in [0.4, 0.5) is 0 Å². The number of carbonyl (C=O) groups is 2. The van der Waals surface area contributed by atoms with Crippen LogP contribution in [0.2, 0.25) is 5.02 Å². The molecule has 5 nitrogen and oxygen atoms in total. The molecule has 2 heterocycles. The van der Waals surface area contributed by atoms with E-state index >= 15 is 0 Å². The van der Waals surface area contributed by atoms with Crippen LogP contribution < -0.4 is 0 Å². The van der Waals surface area contributed by atoms with E-state index in [2.05, 4.69) is 23.6 Å². The van der Waals surface area contributed by atoms with E-state index in [0.717, 1.165) is 28.2 Å². The number of hydrogen-bond acceptors (Lipinski definition) is 2. The Balaban J connectivity index is 1.73. The molecular weight excluding hydrogens is 422 g/mol. The Morgan fingerprint density at radius 3 is 2.16 bits per heavy atom. The largest absolute Gasteiger partial charge is 0.339 e. The molecule has 2 aromatic carbocycles. The van der Waals surface area contributed by atoms with Crippen molar-refractivity contribution in [1.29, 1.82) is 0 Å². The van der Waals surface area contributed by atoms with Crippen molar-refractivity contribution < 1.29 is 9.59 Å². The molecule has 0 bridgehead atoms. The summed E-state index contributed by atoms with van der Waals surface area (Å²) in [6.07, 6.45) is 0.497. The number of para-hydroxylation sites is 1. The molecular formula is C26H28ClN3O2. The van der Waals surface area contributed by atoms with Crippen LogP contribution in [0.25, 0.3) is 16.9 Å². The minimum Gasteiger partial charge on any atom is -0.339 e. The summed E-state index contributed by atoms with van der Waals surface area (Å²) in [4.78, 5) is 29.2. The molecule has 1 fully saturated rings. The van der Waals surface area contributed by atoms with Crippen molar-refractivity contribution in [2.24, 2.45) is 0 Å². The van der Waals surface area contributed by atoms with E-state index in [0.29, 0.717) is 43.2 Å². The Morgan fingerprint density at radius 1 is 0.906 bits per heavy atom. The monoisotopic (exact) mass is 449 g/mol. The lowest BCUT2D eigenvalue weighted by atomic mass is 10.1. The van der Waals surface area contributed by atoms with E-state index < -0.39 is 0 Å². The number of rotatable bonds is 4. The minimum absolute atomic E-state index is 0.00800. The fourth-order valence-corrected chi connectivity index (χ4v) is 4.46. The predicted octanol–water partition coefficient (Wildman–Crippen LogP) is 5.11. The maximum absolute atomic E-state index is 13.5. The molecule has 0 radical (unpaired) electrons. The quantitative estimate of drug-likeness (QED) is 0.555. The highest BCUT2D eigenvalue weighted by Gasteiger charge is 2.27. The Labute approximate surface area is 194 Å². The van der Waals surface area contributed by atoms with Crippen molar-refractivity contribution in [3.8, 4) is 16.9 Å². The summed E-state index contributed by atoms with van der Waals surface area (Å²) < 4.78 is 2.16. The molecule has 1 aliphatic rings. The Hall–Kier alpha value is -3.05. The van der Waals surface area contributed by atoms with E-state index in [-0.39, 0.29) is 11.8 Å². The second-order valence-corrected chi connectivity index (χ2v) is 8.62. The molecule has 0 unspecified atom stereocenters. The van der Waals surface area contributed by atoms with Crippen LogP contribution >= 0.6 is 11.6 Å². The molecule has 6 heteroatoms. The molecule has 0 N–H and O–H groups in total. The Bertz CT molecular complexity index is 1140. The summed E-state index contributed by atoms with van der Waals surface area (Å²) in [6.45, 7) is 8.21. The van der Waals surface area contributed by atoms with Gasteiger partial charge in [0.25, 0.3) is 5.91 Å². The van der Waals surface area contributed by atoms with Gasteiger partial charge in [-0.15, -0.1) is 0 Å². The van der Waals surface area contributed by atoms with E-state index in [1.807, 2.05) is 66.1 Å². The molecule has 1 aromatic heterocycles. The summed E-state index contributed by atoms with van der Waals surface area (Å²) in [5.41, 5.74) is 5.73. The average Bonchev–Trinajstić information content (AvgIpc) is 3.15. The van der Waals surface area contributed by atoms with Gasteiger partial charge >= 0.3 is 0 Å². The number of nitrogens with zero attached hydrogens (tertiary/aromatic N) is 3. The van der Waals surface area contributed by atoms with Crippen molar-refractivity contribution in [3.63, 3.8) is 0 Å². The number of aryl methyl sites for hydroxylation is 1. The standard InChI is InChI=1S/C26H28ClN3O2/c1-4-25(31)28-13-15-29(16-14-28)26(32)22-17-24(20-9-11-21(27)12-10-20)30(19(22)3)23-8-6-5-7-18(23)2/h5-12,17H,4,13-16H2,1-3H3. The Morgan fingerprint density at radius 2 is 1.53 bits per heavy atom. The lowest BCUT2D eigenvalue weighted by Gasteiger charge is -2.34. The zero-order valence-electron chi connectivity index (χ0n) is 18.8. The third-order valence-corrected chi connectivity index (χ3v) is 6.45. The van der Waals surface area contributed by atoms with Gasteiger partial charge in [-0.05, 0) is 49.2 Å². The molecule has 32 heavy (non-hydrogen) atoms. The predicted molar refractivity (Wildman–Crippen MR) is 128 cm³/mol. The van der Waals surface area contributed by atoms with Crippen LogP contribution in [0.15, 0.2) is 54.6 Å². The zero-order valence-corrected chi connectivity index (χ0v) is 19.5. The number of aromatic nitrogens is 1. The number of hydrogen-bond donors (Lipinski definition) is 0. The van der Waals surface area contributed by atoms with Crippen LogP contribution in [0.5, 0.6) is 0 Å². The summed E-state index contributed by atoms with van der Waals surface area (Å²) in [7, 11) is 0. The molecule has 1 aliphatic heterocycles. The van der Waals surface area contributed by atoms with Crippen LogP contribution in [-0.2, 0) is 4.79 Å². The highest BCUT2D eigenvalue weighted by Crippen LogP contribution is 2.32. The fourth-order valence-electron chi connectivity index (χ4n) is 4.33. The summed E-state index contributed by atoms with van der Waals surface area (Å²) in [5, 5.41) is 0.676. The number of halogens is 1. The zero-order chi connectivity index (χ0) is 22.8. The lowest BCUT2D eigenvalue weighted by Crippen LogP contribution is -2.50. The maximum Gasteiger partial charge on any atom is 0.255 e. The smallest absolute Gasteiger partial charge is 0.255 e. The minimum atomic E-state index is 0.00800. The third kappa shape index (κ3) is 4.17. The first-order valence-corrected chi connectivity index (χ1v) is 11.4. The van der Waals surface area contributed by atoms with Crippen molar-refractivity contribution in [2.75, 3.05) is 26.2 Å². The van der Waals surface area contributed by atoms with Gasteiger partial charge in [0.2, 0.25) is 5.91 Å². The van der Waals surface area contributed by atoms with E-state index in [9.17, 15) is 9.59 Å². The van der Waals surface area contributed by atoms with Crippen LogP contribution in [0.3, 0.4) is 0 Å². The van der Waals surface area contributed by atoms with Gasteiger partial charge in [-0.1, -0.05) is 48.9 Å². The molecule has 0 spiro atoms. The van der Waals surface area contributed by atoms with E-state index in [1.165, 1.54) is 0 Å². The molecule has 0 saturated carbocycles. The average molecular weight is 450 g/mol. The maximum atomic E-state index is 13.5. The highest BCUT2D eigenvalue weighted by atomic mass is 35.5. The summed E-state index contributed by atoms with van der Waals surface area (Å²) in [6, 6.07) is 17.9. The SMILES string of the molecule is CCC(=O)N1CCN(C(=O)c2cc(-c3ccc(Cl)cc3)n(-c3ccccc3C)c2C)CC1. The second kappa shape index (κ2) is 9.21. The van der Waals surface area contributed by atoms with Gasteiger partial charge in [0.05, 0.1) is 11.3 Å². The topological polar surface area (TPSA) is 45.6 Å². The molecule has 0 aliphatic carbocycles. The molecule has 4 rings (SSSR count). The fraction of sp³-hybridized carbons (Fsp3) is 0.308. The summed E-state index contributed by atoms with van der Waals surface area (Å²) in [5.74, 6) is 0.151. The van der Waals surface area contributed by atoms with Crippen LogP contribution in [0.1, 0.15) is 35.0 Å². The number of carbonyl (C=O) groups excluding carboxylic acids is 2.